The second-order valence-electron chi connectivity index (χ2n) is 4.55. The largest absolute Gasteiger partial charge is 0.462 e. The van der Waals surface area contributed by atoms with E-state index in [-0.39, 0.29) is 19.2 Å². The molecule has 0 aromatic rings. The van der Waals surface area contributed by atoms with Gasteiger partial charge < -0.3 is 9.84 Å². The Labute approximate surface area is 102 Å². The molecular weight excluding hydrogens is 218 g/mol. The third kappa shape index (κ3) is 3.41. The van der Waals surface area contributed by atoms with Crippen molar-refractivity contribution >= 4 is 5.97 Å². The SMILES string of the molecule is O=C(CN1CCC2CC=CC=C2C1)OCCO. The van der Waals surface area contributed by atoms with E-state index in [1.165, 1.54) is 5.57 Å². The van der Waals surface area contributed by atoms with E-state index in [0.717, 1.165) is 25.9 Å². The summed E-state index contributed by atoms with van der Waals surface area (Å²) < 4.78 is 4.87. The molecule has 1 heterocycles. The number of aliphatic hydroxyl groups is 1. The van der Waals surface area contributed by atoms with Gasteiger partial charge in [0.2, 0.25) is 0 Å². The van der Waals surface area contributed by atoms with Crippen molar-refractivity contribution in [1.29, 1.82) is 0 Å². The van der Waals surface area contributed by atoms with Crippen LogP contribution in [0.25, 0.3) is 0 Å². The summed E-state index contributed by atoms with van der Waals surface area (Å²) in [6.45, 7) is 2.13. The molecule has 4 heteroatoms. The number of carbonyl (C=O) groups is 1. The molecule has 1 N–H and O–H groups in total. The smallest absolute Gasteiger partial charge is 0.320 e. The van der Waals surface area contributed by atoms with Crippen molar-refractivity contribution in [2.45, 2.75) is 12.8 Å². The number of hydrogen-bond donors (Lipinski definition) is 1. The number of fused-ring (bicyclic) bond motifs is 1. The summed E-state index contributed by atoms with van der Waals surface area (Å²) in [4.78, 5) is 13.5. The number of likely N-dealkylation sites (tertiary alicyclic amines) is 1. The van der Waals surface area contributed by atoms with Gasteiger partial charge in [-0.2, -0.15) is 0 Å². The molecule has 0 spiro atoms. The first-order valence-corrected chi connectivity index (χ1v) is 6.14. The number of carbonyl (C=O) groups excluding carboxylic acids is 1. The average molecular weight is 237 g/mol. The van der Waals surface area contributed by atoms with E-state index in [1.807, 2.05) is 0 Å². The molecule has 0 amide bonds. The summed E-state index contributed by atoms with van der Waals surface area (Å²) in [5.41, 5.74) is 1.42. The molecule has 1 atom stereocenters. The van der Waals surface area contributed by atoms with E-state index in [0.29, 0.717) is 12.5 Å². The molecule has 0 saturated carbocycles. The quantitative estimate of drug-likeness (QED) is 0.732. The van der Waals surface area contributed by atoms with Crippen molar-refractivity contribution in [3.05, 3.63) is 23.8 Å². The summed E-state index contributed by atoms with van der Waals surface area (Å²) >= 11 is 0. The molecule has 17 heavy (non-hydrogen) atoms. The number of hydrogen-bond acceptors (Lipinski definition) is 4. The Bertz CT molecular complexity index is 336. The molecular formula is C13H19NO3. The van der Waals surface area contributed by atoms with E-state index in [2.05, 4.69) is 23.1 Å². The van der Waals surface area contributed by atoms with Crippen LogP contribution in [-0.2, 0) is 9.53 Å². The summed E-state index contributed by atoms with van der Waals surface area (Å²) in [5, 5.41) is 8.57. The summed E-state index contributed by atoms with van der Waals surface area (Å²) in [6.07, 6.45) is 8.72. The topological polar surface area (TPSA) is 49.8 Å². The second-order valence-corrected chi connectivity index (χ2v) is 4.55. The number of aliphatic hydroxyl groups excluding tert-OH is 1. The highest BCUT2D eigenvalue weighted by atomic mass is 16.5. The lowest BCUT2D eigenvalue weighted by molar-refractivity contribution is -0.146. The van der Waals surface area contributed by atoms with Crippen molar-refractivity contribution in [2.75, 3.05) is 32.8 Å². The third-order valence-corrected chi connectivity index (χ3v) is 3.30. The molecule has 2 aliphatic rings. The van der Waals surface area contributed by atoms with Crippen molar-refractivity contribution in [2.24, 2.45) is 5.92 Å². The van der Waals surface area contributed by atoms with Gasteiger partial charge in [0, 0.05) is 6.54 Å². The lowest BCUT2D eigenvalue weighted by atomic mass is 9.85. The molecule has 1 aliphatic carbocycles. The van der Waals surface area contributed by atoms with E-state index < -0.39 is 0 Å². The highest BCUT2D eigenvalue weighted by molar-refractivity contribution is 5.71. The summed E-state index contributed by atoms with van der Waals surface area (Å²) in [7, 11) is 0. The van der Waals surface area contributed by atoms with Crippen LogP contribution in [0, 0.1) is 5.92 Å². The fourth-order valence-corrected chi connectivity index (χ4v) is 2.41. The van der Waals surface area contributed by atoms with Gasteiger partial charge in [0.25, 0.3) is 0 Å². The van der Waals surface area contributed by atoms with Crippen molar-refractivity contribution in [3.8, 4) is 0 Å². The second kappa shape index (κ2) is 5.98. The Morgan fingerprint density at radius 1 is 1.59 bits per heavy atom. The molecule has 0 radical (unpaired) electrons. The van der Waals surface area contributed by atoms with Gasteiger partial charge in [0.1, 0.15) is 6.61 Å². The molecule has 1 saturated heterocycles. The number of allylic oxidation sites excluding steroid dienone is 3. The average Bonchev–Trinajstić information content (AvgIpc) is 2.36. The predicted octanol–water partition coefficient (Wildman–Crippen LogP) is 0.730. The number of rotatable bonds is 4. The van der Waals surface area contributed by atoms with Gasteiger partial charge in [0.15, 0.2) is 0 Å². The monoisotopic (exact) mass is 237 g/mol. The van der Waals surface area contributed by atoms with Gasteiger partial charge in [0.05, 0.1) is 13.2 Å². The van der Waals surface area contributed by atoms with E-state index in [1.54, 1.807) is 0 Å². The standard InChI is InChI=1S/C13H19NO3/c15-7-8-17-13(16)10-14-6-5-11-3-1-2-4-12(11)9-14/h1-2,4,11,15H,3,5-10H2. The zero-order valence-corrected chi connectivity index (χ0v) is 9.97. The van der Waals surface area contributed by atoms with Crippen LogP contribution in [0.2, 0.25) is 0 Å². The first-order valence-electron chi connectivity index (χ1n) is 6.14. The molecule has 1 aliphatic heterocycles. The Hall–Kier alpha value is -1.13. The minimum absolute atomic E-state index is 0.0979. The highest BCUT2D eigenvalue weighted by Crippen LogP contribution is 2.28. The maximum atomic E-state index is 11.4. The Morgan fingerprint density at radius 3 is 3.29 bits per heavy atom. The van der Waals surface area contributed by atoms with Gasteiger partial charge in [-0.1, -0.05) is 23.8 Å². The minimum Gasteiger partial charge on any atom is -0.462 e. The lowest BCUT2D eigenvalue weighted by Crippen LogP contribution is -2.39. The van der Waals surface area contributed by atoms with Gasteiger partial charge in [-0.25, -0.2) is 0 Å². The maximum Gasteiger partial charge on any atom is 0.320 e. The summed E-state index contributed by atoms with van der Waals surface area (Å²) in [5.74, 6) is 0.425. The van der Waals surface area contributed by atoms with Crippen LogP contribution in [0.5, 0.6) is 0 Å². The van der Waals surface area contributed by atoms with E-state index in [4.69, 9.17) is 9.84 Å². The molecule has 0 bridgehead atoms. The van der Waals surface area contributed by atoms with Crippen LogP contribution >= 0.6 is 0 Å². The predicted molar refractivity (Wildman–Crippen MR) is 64.4 cm³/mol. The van der Waals surface area contributed by atoms with Crippen molar-refractivity contribution < 1.29 is 14.6 Å². The van der Waals surface area contributed by atoms with Crippen LogP contribution in [-0.4, -0.2) is 48.8 Å². The highest BCUT2D eigenvalue weighted by Gasteiger charge is 2.25. The zero-order chi connectivity index (χ0) is 12.1. The number of nitrogens with zero attached hydrogens (tertiary/aromatic N) is 1. The molecule has 4 nitrogen and oxygen atoms in total. The van der Waals surface area contributed by atoms with Crippen LogP contribution in [0.3, 0.4) is 0 Å². The lowest BCUT2D eigenvalue weighted by Gasteiger charge is -2.34. The normalized spacial score (nSPS) is 24.1. The molecule has 0 aromatic heterocycles. The third-order valence-electron chi connectivity index (χ3n) is 3.30. The fraction of sp³-hybridized carbons (Fsp3) is 0.615. The molecule has 2 rings (SSSR count). The van der Waals surface area contributed by atoms with Crippen LogP contribution in [0.4, 0.5) is 0 Å². The number of ether oxygens (including phenoxy) is 1. The minimum atomic E-state index is -0.246. The molecule has 1 fully saturated rings. The van der Waals surface area contributed by atoms with Gasteiger partial charge in [-0.3, -0.25) is 9.69 Å². The molecule has 94 valence electrons. The van der Waals surface area contributed by atoms with Crippen LogP contribution < -0.4 is 0 Å². The summed E-state index contributed by atoms with van der Waals surface area (Å²) in [6, 6.07) is 0. The first kappa shape index (κ1) is 12.3. The van der Waals surface area contributed by atoms with Gasteiger partial charge >= 0.3 is 5.97 Å². The first-order chi connectivity index (χ1) is 8.29. The van der Waals surface area contributed by atoms with Crippen LogP contribution in [0.1, 0.15) is 12.8 Å². The van der Waals surface area contributed by atoms with Crippen molar-refractivity contribution in [3.63, 3.8) is 0 Å². The molecule has 0 aromatic carbocycles. The number of esters is 1. The van der Waals surface area contributed by atoms with E-state index in [9.17, 15) is 4.79 Å². The fourth-order valence-electron chi connectivity index (χ4n) is 2.41. The Kier molecular flexibility index (Phi) is 4.34. The van der Waals surface area contributed by atoms with Crippen LogP contribution in [0.15, 0.2) is 23.8 Å². The Morgan fingerprint density at radius 2 is 2.47 bits per heavy atom. The van der Waals surface area contributed by atoms with Gasteiger partial charge in [-0.05, 0) is 25.3 Å². The molecule has 1 unspecified atom stereocenters. The van der Waals surface area contributed by atoms with Gasteiger partial charge in [-0.15, -0.1) is 0 Å². The van der Waals surface area contributed by atoms with E-state index >= 15 is 0 Å². The zero-order valence-electron chi connectivity index (χ0n) is 9.97. The maximum absolute atomic E-state index is 11.4. The van der Waals surface area contributed by atoms with Crippen molar-refractivity contribution in [1.82, 2.24) is 4.90 Å². The Balaban J connectivity index is 1.81. The number of piperidine rings is 1.